The molecule has 0 bridgehead atoms. The molecule has 27 heavy (non-hydrogen) atoms. The van der Waals surface area contributed by atoms with Gasteiger partial charge in [0.25, 0.3) is 0 Å². The highest BCUT2D eigenvalue weighted by Gasteiger charge is 2.12. The molecular formula is C24H27NO2. The number of benzene rings is 2. The van der Waals surface area contributed by atoms with Crippen molar-refractivity contribution in [3.63, 3.8) is 0 Å². The van der Waals surface area contributed by atoms with Crippen molar-refractivity contribution in [1.29, 1.82) is 0 Å². The molecule has 0 saturated heterocycles. The normalized spacial score (nSPS) is 11.3. The van der Waals surface area contributed by atoms with Gasteiger partial charge in [-0.05, 0) is 29.0 Å². The Morgan fingerprint density at radius 2 is 1.74 bits per heavy atom. The van der Waals surface area contributed by atoms with Gasteiger partial charge in [-0.2, -0.15) is 0 Å². The Hall–Kier alpha value is -2.99. The lowest BCUT2D eigenvalue weighted by molar-refractivity contribution is -0.137. The van der Waals surface area contributed by atoms with Crippen LogP contribution in [0.25, 0.3) is 5.70 Å². The van der Waals surface area contributed by atoms with E-state index in [9.17, 15) is 4.79 Å². The van der Waals surface area contributed by atoms with E-state index in [1.807, 2.05) is 30.3 Å². The lowest BCUT2D eigenvalue weighted by atomic mass is 9.86. The molecule has 0 aromatic heterocycles. The van der Waals surface area contributed by atoms with E-state index in [-0.39, 0.29) is 11.4 Å². The van der Waals surface area contributed by atoms with Crippen molar-refractivity contribution in [2.45, 2.75) is 39.5 Å². The maximum Gasteiger partial charge on any atom is 0.332 e. The lowest BCUT2D eigenvalue weighted by Gasteiger charge is -2.18. The number of carbonyl (C=O) groups is 1. The molecule has 3 nitrogen and oxygen atoms in total. The monoisotopic (exact) mass is 361 g/mol. The fourth-order valence-corrected chi connectivity index (χ4v) is 2.49. The first-order valence-corrected chi connectivity index (χ1v) is 9.17. The number of rotatable bonds is 5. The Morgan fingerprint density at radius 3 is 2.33 bits per heavy atom. The number of hydrogen-bond acceptors (Lipinski definition) is 3. The van der Waals surface area contributed by atoms with Crippen LogP contribution in [0, 0.1) is 12.0 Å². The van der Waals surface area contributed by atoms with E-state index < -0.39 is 0 Å². The highest BCUT2D eigenvalue weighted by molar-refractivity contribution is 5.91. The second kappa shape index (κ2) is 9.64. The number of hydrogen-bond donors (Lipinski definition) is 1. The molecule has 0 amide bonds. The fourth-order valence-electron chi connectivity index (χ4n) is 2.49. The summed E-state index contributed by atoms with van der Waals surface area (Å²) in [5, 5.41) is 3.03. The van der Waals surface area contributed by atoms with E-state index in [2.05, 4.69) is 62.3 Å². The molecule has 2 aromatic rings. The van der Waals surface area contributed by atoms with Gasteiger partial charge < -0.3 is 10.1 Å². The van der Waals surface area contributed by atoms with E-state index in [1.165, 1.54) is 11.6 Å². The molecule has 2 rings (SSSR count). The Bertz CT molecular complexity index is 832. The molecule has 140 valence electrons. The molecule has 1 N–H and O–H groups in total. The Labute approximate surface area is 162 Å². The standard InChI is InChI=1S/C24H27NO2/c1-5-27-23(26)18-22(20-11-7-6-8-12-20)25-17-9-10-19-13-15-21(16-14-19)24(2,3)4/h6-8,11-16,18,25H,5,10H2,1-4H3/b22-18-. The van der Waals surface area contributed by atoms with Gasteiger partial charge in [-0.3, -0.25) is 0 Å². The Morgan fingerprint density at radius 1 is 1.07 bits per heavy atom. The molecule has 0 aliphatic rings. The van der Waals surface area contributed by atoms with Crippen LogP contribution in [0.1, 0.15) is 44.4 Å². The highest BCUT2D eigenvalue weighted by Crippen LogP contribution is 2.22. The average Bonchev–Trinajstić information content (AvgIpc) is 2.65. The van der Waals surface area contributed by atoms with Gasteiger partial charge in [0.1, 0.15) is 0 Å². The molecule has 0 spiro atoms. The van der Waals surface area contributed by atoms with Crippen molar-refractivity contribution in [2.24, 2.45) is 0 Å². The largest absolute Gasteiger partial charge is 0.463 e. The number of nitrogens with one attached hydrogen (secondary N) is 1. The van der Waals surface area contributed by atoms with Crippen LogP contribution >= 0.6 is 0 Å². The third kappa shape index (κ3) is 6.67. The molecule has 0 saturated carbocycles. The Balaban J connectivity index is 2.06. The van der Waals surface area contributed by atoms with Crippen LogP contribution in [-0.2, 0) is 21.4 Å². The first-order valence-electron chi connectivity index (χ1n) is 9.17. The van der Waals surface area contributed by atoms with E-state index in [4.69, 9.17) is 4.74 Å². The molecule has 0 heterocycles. The van der Waals surface area contributed by atoms with Crippen LogP contribution in [-0.4, -0.2) is 12.6 Å². The zero-order chi connectivity index (χ0) is 19.7. The third-order valence-corrected chi connectivity index (χ3v) is 4.03. The Kier molecular flexibility index (Phi) is 7.25. The van der Waals surface area contributed by atoms with Crippen LogP contribution in [0.3, 0.4) is 0 Å². The highest BCUT2D eigenvalue weighted by atomic mass is 16.5. The molecular weight excluding hydrogens is 334 g/mol. The lowest BCUT2D eigenvalue weighted by Crippen LogP contribution is -2.10. The summed E-state index contributed by atoms with van der Waals surface area (Å²) in [6.07, 6.45) is 2.07. The smallest absolute Gasteiger partial charge is 0.332 e. The van der Waals surface area contributed by atoms with Gasteiger partial charge in [-0.1, -0.05) is 81.3 Å². The molecule has 0 unspecified atom stereocenters. The summed E-state index contributed by atoms with van der Waals surface area (Å²) in [5.41, 5.74) is 4.13. The second-order valence-corrected chi connectivity index (χ2v) is 7.23. The zero-order valence-electron chi connectivity index (χ0n) is 16.5. The maximum atomic E-state index is 11.8. The van der Waals surface area contributed by atoms with Crippen LogP contribution in [0.5, 0.6) is 0 Å². The van der Waals surface area contributed by atoms with Crippen molar-refractivity contribution < 1.29 is 9.53 Å². The van der Waals surface area contributed by atoms with Crippen LogP contribution in [0.4, 0.5) is 0 Å². The summed E-state index contributed by atoms with van der Waals surface area (Å²) in [5.74, 6) is 2.73. The maximum absolute atomic E-state index is 11.8. The van der Waals surface area contributed by atoms with E-state index in [0.29, 0.717) is 18.7 Å². The predicted molar refractivity (Wildman–Crippen MR) is 111 cm³/mol. The molecule has 0 radical (unpaired) electrons. The van der Waals surface area contributed by atoms with Crippen molar-refractivity contribution in [3.05, 3.63) is 77.4 Å². The zero-order valence-corrected chi connectivity index (χ0v) is 16.5. The third-order valence-electron chi connectivity index (χ3n) is 4.03. The van der Waals surface area contributed by atoms with Crippen molar-refractivity contribution in [2.75, 3.05) is 6.61 Å². The summed E-state index contributed by atoms with van der Waals surface area (Å²) < 4.78 is 5.00. The topological polar surface area (TPSA) is 38.3 Å². The summed E-state index contributed by atoms with van der Waals surface area (Å²) >= 11 is 0. The fraction of sp³-hybridized carbons (Fsp3) is 0.292. The van der Waals surface area contributed by atoms with Gasteiger partial charge in [-0.15, -0.1) is 0 Å². The SMILES string of the molecule is CCOC(=O)/C=C(\NC#CCc1ccc(C(C)(C)C)cc1)c1ccccc1. The molecule has 2 aromatic carbocycles. The summed E-state index contributed by atoms with van der Waals surface area (Å²) in [4.78, 5) is 11.8. The van der Waals surface area contributed by atoms with Gasteiger partial charge >= 0.3 is 5.97 Å². The first kappa shape index (κ1) is 20.3. The van der Waals surface area contributed by atoms with Crippen LogP contribution in [0.2, 0.25) is 0 Å². The van der Waals surface area contributed by atoms with E-state index >= 15 is 0 Å². The van der Waals surface area contributed by atoms with Crippen molar-refractivity contribution in [1.82, 2.24) is 5.32 Å². The minimum atomic E-state index is -0.386. The second-order valence-electron chi connectivity index (χ2n) is 7.23. The molecule has 0 atom stereocenters. The molecule has 0 fully saturated rings. The number of esters is 1. The molecule has 3 heteroatoms. The van der Waals surface area contributed by atoms with Gasteiger partial charge in [0.15, 0.2) is 0 Å². The minimum absolute atomic E-state index is 0.147. The summed E-state index contributed by atoms with van der Waals surface area (Å²) in [6, 6.07) is 21.1. The van der Waals surface area contributed by atoms with Crippen molar-refractivity contribution in [3.8, 4) is 12.0 Å². The first-order chi connectivity index (χ1) is 12.9. The van der Waals surface area contributed by atoms with Gasteiger partial charge in [0, 0.05) is 18.5 Å². The van der Waals surface area contributed by atoms with E-state index in [0.717, 1.165) is 11.1 Å². The van der Waals surface area contributed by atoms with E-state index in [1.54, 1.807) is 6.92 Å². The molecule has 0 aliphatic heterocycles. The minimum Gasteiger partial charge on any atom is -0.463 e. The van der Waals surface area contributed by atoms with Crippen LogP contribution in [0.15, 0.2) is 60.7 Å². The average molecular weight is 361 g/mol. The van der Waals surface area contributed by atoms with Gasteiger partial charge in [-0.25, -0.2) is 4.79 Å². The summed E-state index contributed by atoms with van der Waals surface area (Å²) in [7, 11) is 0. The van der Waals surface area contributed by atoms with Gasteiger partial charge in [0.2, 0.25) is 0 Å². The van der Waals surface area contributed by atoms with Gasteiger partial charge in [0.05, 0.1) is 12.3 Å². The van der Waals surface area contributed by atoms with Crippen molar-refractivity contribution >= 4 is 11.7 Å². The number of carbonyl (C=O) groups excluding carboxylic acids is 1. The summed E-state index contributed by atoms with van der Waals surface area (Å²) in [6.45, 7) is 8.73. The predicted octanol–water partition coefficient (Wildman–Crippen LogP) is 4.68. The van der Waals surface area contributed by atoms with Crippen LogP contribution < -0.4 is 5.32 Å². The number of ether oxygens (including phenoxy) is 1. The molecule has 0 aliphatic carbocycles. The quantitative estimate of drug-likeness (QED) is 0.364.